The number of hydrogen-bond acceptors (Lipinski definition) is 6. The largest absolute Gasteiger partial charge is 0.493 e. The van der Waals surface area contributed by atoms with Crippen molar-refractivity contribution in [1.82, 2.24) is 15.1 Å². The zero-order valence-electron chi connectivity index (χ0n) is 17.3. The van der Waals surface area contributed by atoms with Crippen LogP contribution >= 0.6 is 0 Å². The van der Waals surface area contributed by atoms with E-state index in [9.17, 15) is 9.18 Å². The number of anilines is 1. The van der Waals surface area contributed by atoms with Gasteiger partial charge in [-0.1, -0.05) is 6.07 Å². The number of carbonyl (C=O) groups is 1. The molecule has 1 aliphatic rings. The van der Waals surface area contributed by atoms with E-state index in [0.717, 1.165) is 12.8 Å². The smallest absolute Gasteiger partial charge is 0.321 e. The summed E-state index contributed by atoms with van der Waals surface area (Å²) in [5, 5.41) is 11.1. The van der Waals surface area contributed by atoms with Gasteiger partial charge >= 0.3 is 6.03 Å². The highest BCUT2D eigenvalue weighted by Gasteiger charge is 2.29. The number of hydrogen-bond donors (Lipinski definition) is 1. The molecule has 0 aliphatic carbocycles. The van der Waals surface area contributed by atoms with Gasteiger partial charge in [0, 0.05) is 18.7 Å². The number of carbonyl (C=O) groups excluding carboxylic acids is 1. The molecule has 1 fully saturated rings. The van der Waals surface area contributed by atoms with Crippen LogP contribution in [0.1, 0.15) is 24.7 Å². The second-order valence-corrected chi connectivity index (χ2v) is 7.21. The van der Waals surface area contributed by atoms with Crippen LogP contribution in [0.25, 0.3) is 11.5 Å². The zero-order valence-corrected chi connectivity index (χ0v) is 17.3. The van der Waals surface area contributed by atoms with Crippen LogP contribution in [0.15, 0.2) is 46.9 Å². The molecule has 1 atom stereocenters. The van der Waals surface area contributed by atoms with Gasteiger partial charge in [-0.2, -0.15) is 0 Å². The van der Waals surface area contributed by atoms with Crippen molar-refractivity contribution in [2.75, 3.05) is 32.6 Å². The van der Waals surface area contributed by atoms with Crippen LogP contribution < -0.4 is 14.8 Å². The Hall–Kier alpha value is -3.62. The Kier molecular flexibility index (Phi) is 6.01. The molecule has 1 aliphatic heterocycles. The van der Waals surface area contributed by atoms with Gasteiger partial charge in [0.25, 0.3) is 0 Å². The van der Waals surface area contributed by atoms with Crippen LogP contribution in [0.2, 0.25) is 0 Å². The van der Waals surface area contributed by atoms with Crippen LogP contribution in [0.5, 0.6) is 11.5 Å². The van der Waals surface area contributed by atoms with Crippen LogP contribution in [0, 0.1) is 5.82 Å². The summed E-state index contributed by atoms with van der Waals surface area (Å²) in [5.74, 6) is 1.40. The van der Waals surface area contributed by atoms with Crippen molar-refractivity contribution >= 4 is 11.7 Å². The van der Waals surface area contributed by atoms with Crippen LogP contribution in [0.3, 0.4) is 0 Å². The number of methoxy groups -OCH3 is 2. The van der Waals surface area contributed by atoms with Gasteiger partial charge in [0.05, 0.1) is 25.8 Å². The van der Waals surface area contributed by atoms with Crippen molar-refractivity contribution in [1.29, 1.82) is 0 Å². The molecule has 1 saturated heterocycles. The first-order chi connectivity index (χ1) is 15.1. The maximum Gasteiger partial charge on any atom is 0.321 e. The molecule has 2 amide bonds. The monoisotopic (exact) mass is 426 g/mol. The first-order valence-electron chi connectivity index (χ1n) is 9.95. The predicted molar refractivity (Wildman–Crippen MR) is 112 cm³/mol. The molecule has 0 radical (unpaired) electrons. The van der Waals surface area contributed by atoms with Gasteiger partial charge in [-0.25, -0.2) is 9.18 Å². The molecule has 0 saturated carbocycles. The number of rotatable bonds is 5. The van der Waals surface area contributed by atoms with Gasteiger partial charge in [0.15, 0.2) is 11.5 Å². The van der Waals surface area contributed by atoms with Crippen LogP contribution in [-0.4, -0.2) is 48.4 Å². The third-order valence-electron chi connectivity index (χ3n) is 5.23. The van der Waals surface area contributed by atoms with Gasteiger partial charge in [0.2, 0.25) is 11.8 Å². The summed E-state index contributed by atoms with van der Waals surface area (Å²) >= 11 is 0. The zero-order chi connectivity index (χ0) is 21.8. The SMILES string of the molecule is COc1cccc(NC(=O)N2CCCC(c3nnc(-c4ccc(F)cc4)o3)C2)c1OC. The number of nitrogens with zero attached hydrogens (tertiary/aromatic N) is 3. The quantitative estimate of drug-likeness (QED) is 0.654. The molecular weight excluding hydrogens is 403 g/mol. The van der Waals surface area contributed by atoms with Crippen molar-refractivity contribution in [3.05, 3.63) is 54.2 Å². The van der Waals surface area contributed by atoms with Gasteiger partial charge < -0.3 is 24.1 Å². The number of likely N-dealkylation sites (tertiary alicyclic amines) is 1. The highest BCUT2D eigenvalue weighted by Crippen LogP contribution is 2.35. The number of aromatic nitrogens is 2. The molecule has 162 valence electrons. The highest BCUT2D eigenvalue weighted by atomic mass is 19.1. The van der Waals surface area contributed by atoms with Crippen molar-refractivity contribution in [3.8, 4) is 23.0 Å². The lowest BCUT2D eigenvalue weighted by atomic mass is 9.98. The fourth-order valence-corrected chi connectivity index (χ4v) is 3.65. The molecule has 4 rings (SSSR count). The van der Waals surface area contributed by atoms with E-state index in [1.165, 1.54) is 19.2 Å². The molecule has 0 bridgehead atoms. The molecule has 2 heterocycles. The van der Waals surface area contributed by atoms with Crippen LogP contribution in [0.4, 0.5) is 14.9 Å². The summed E-state index contributed by atoms with van der Waals surface area (Å²) in [4.78, 5) is 14.6. The minimum atomic E-state index is -0.329. The van der Waals surface area contributed by atoms with E-state index >= 15 is 0 Å². The van der Waals surface area contributed by atoms with E-state index in [0.29, 0.717) is 47.6 Å². The van der Waals surface area contributed by atoms with Crippen molar-refractivity contribution < 1.29 is 23.1 Å². The topological polar surface area (TPSA) is 89.7 Å². The molecular formula is C22H23FN4O4. The Morgan fingerprint density at radius 1 is 1.16 bits per heavy atom. The lowest BCUT2D eigenvalue weighted by molar-refractivity contribution is 0.187. The molecule has 8 nitrogen and oxygen atoms in total. The average molecular weight is 426 g/mol. The van der Waals surface area contributed by atoms with E-state index in [4.69, 9.17) is 13.9 Å². The normalized spacial score (nSPS) is 16.1. The Balaban J connectivity index is 1.45. The molecule has 1 aromatic heterocycles. The third-order valence-corrected chi connectivity index (χ3v) is 5.23. The summed E-state index contributed by atoms with van der Waals surface area (Å²) < 4.78 is 29.6. The molecule has 1 unspecified atom stereocenters. The number of halogens is 1. The molecule has 31 heavy (non-hydrogen) atoms. The van der Waals surface area contributed by atoms with E-state index in [1.807, 2.05) is 0 Å². The van der Waals surface area contributed by atoms with Crippen molar-refractivity contribution in [2.45, 2.75) is 18.8 Å². The maximum absolute atomic E-state index is 13.1. The van der Waals surface area contributed by atoms with Crippen LogP contribution in [-0.2, 0) is 0 Å². The summed E-state index contributed by atoms with van der Waals surface area (Å²) in [6, 6.07) is 10.9. The predicted octanol–water partition coefficient (Wildman–Crippen LogP) is 4.30. The minimum absolute atomic E-state index is 0.0756. The van der Waals surface area contributed by atoms with Crippen molar-refractivity contribution in [2.24, 2.45) is 0 Å². The third kappa shape index (κ3) is 4.45. The van der Waals surface area contributed by atoms with Gasteiger partial charge in [-0.05, 0) is 49.2 Å². The number of ether oxygens (including phenoxy) is 2. The summed E-state index contributed by atoms with van der Waals surface area (Å²) in [6.07, 6.45) is 1.64. The molecule has 9 heteroatoms. The highest BCUT2D eigenvalue weighted by molar-refractivity contribution is 5.91. The summed E-state index contributed by atoms with van der Waals surface area (Å²) in [7, 11) is 3.07. The fraction of sp³-hybridized carbons (Fsp3) is 0.318. The molecule has 3 aromatic rings. The number of nitrogens with one attached hydrogen (secondary N) is 1. The number of urea groups is 1. The fourth-order valence-electron chi connectivity index (χ4n) is 3.65. The van der Waals surface area contributed by atoms with Crippen molar-refractivity contribution in [3.63, 3.8) is 0 Å². The van der Waals surface area contributed by atoms with Gasteiger partial charge in [-0.3, -0.25) is 0 Å². The second kappa shape index (κ2) is 9.03. The summed E-state index contributed by atoms with van der Waals surface area (Å²) in [6.45, 7) is 1.07. The Bertz CT molecular complexity index is 1050. The number of piperidine rings is 1. The maximum atomic E-state index is 13.1. The standard InChI is InChI=1S/C22H23FN4O4/c1-29-18-7-3-6-17(19(18)30-2)24-22(28)27-12-4-5-15(13-27)21-26-25-20(31-21)14-8-10-16(23)11-9-14/h3,6-11,15H,4-5,12-13H2,1-2H3,(H,24,28). The van der Waals surface area contributed by atoms with Gasteiger partial charge in [-0.15, -0.1) is 10.2 Å². The summed E-state index contributed by atoms with van der Waals surface area (Å²) in [5.41, 5.74) is 1.18. The molecule has 2 aromatic carbocycles. The van der Waals surface area contributed by atoms with E-state index < -0.39 is 0 Å². The molecule has 0 spiro atoms. The Morgan fingerprint density at radius 3 is 2.71 bits per heavy atom. The lowest BCUT2D eigenvalue weighted by Gasteiger charge is -2.31. The number of amides is 2. The first-order valence-corrected chi connectivity index (χ1v) is 9.95. The Labute approximate surface area is 179 Å². The van der Waals surface area contributed by atoms with Gasteiger partial charge in [0.1, 0.15) is 5.82 Å². The number of para-hydroxylation sites is 1. The van der Waals surface area contributed by atoms with E-state index in [2.05, 4.69) is 15.5 Å². The average Bonchev–Trinajstić information content (AvgIpc) is 3.30. The Morgan fingerprint density at radius 2 is 1.97 bits per heavy atom. The minimum Gasteiger partial charge on any atom is -0.493 e. The first kappa shape index (κ1) is 20.6. The molecule has 1 N–H and O–H groups in total. The van der Waals surface area contributed by atoms with E-state index in [1.54, 1.807) is 42.3 Å². The number of benzene rings is 2. The van der Waals surface area contributed by atoms with E-state index in [-0.39, 0.29) is 17.8 Å². The second-order valence-electron chi connectivity index (χ2n) is 7.21. The lowest BCUT2D eigenvalue weighted by Crippen LogP contribution is -2.41.